The molecule has 0 aromatic heterocycles. The summed E-state index contributed by atoms with van der Waals surface area (Å²) in [6.45, 7) is 0.607. The van der Waals surface area contributed by atoms with Crippen molar-refractivity contribution in [3.05, 3.63) is 63.6 Å². The molecule has 19 heavy (non-hydrogen) atoms. The van der Waals surface area contributed by atoms with Gasteiger partial charge in [0.05, 0.1) is 6.61 Å². The zero-order valence-electron chi connectivity index (χ0n) is 10.2. The summed E-state index contributed by atoms with van der Waals surface area (Å²) in [5.74, 6) is 0.812. The van der Waals surface area contributed by atoms with Crippen molar-refractivity contribution < 1.29 is 4.74 Å². The van der Waals surface area contributed by atoms with Crippen LogP contribution in [0.2, 0.25) is 10.0 Å². The SMILES string of the molecule is Clc1ccc(Cc2ccccc2Cl)c(OCCBr)c1. The van der Waals surface area contributed by atoms with Crippen molar-refractivity contribution in [2.24, 2.45) is 0 Å². The maximum absolute atomic E-state index is 6.19. The van der Waals surface area contributed by atoms with E-state index < -0.39 is 0 Å². The minimum Gasteiger partial charge on any atom is -0.492 e. The molecule has 0 radical (unpaired) electrons. The summed E-state index contributed by atoms with van der Waals surface area (Å²) in [7, 11) is 0. The average Bonchev–Trinajstić information content (AvgIpc) is 2.41. The molecule has 0 saturated heterocycles. The van der Waals surface area contributed by atoms with Crippen LogP contribution in [0, 0.1) is 0 Å². The van der Waals surface area contributed by atoms with Crippen LogP contribution >= 0.6 is 39.1 Å². The molecule has 0 amide bonds. The molecule has 0 spiro atoms. The van der Waals surface area contributed by atoms with E-state index in [2.05, 4.69) is 15.9 Å². The van der Waals surface area contributed by atoms with Crippen LogP contribution in [-0.2, 0) is 6.42 Å². The van der Waals surface area contributed by atoms with Gasteiger partial charge in [-0.05, 0) is 29.3 Å². The highest BCUT2D eigenvalue weighted by Gasteiger charge is 2.08. The Morgan fingerprint density at radius 1 is 1.00 bits per heavy atom. The molecular weight excluding hydrogens is 347 g/mol. The summed E-state index contributed by atoms with van der Waals surface area (Å²) in [6, 6.07) is 13.5. The monoisotopic (exact) mass is 358 g/mol. The van der Waals surface area contributed by atoms with Crippen LogP contribution in [0.1, 0.15) is 11.1 Å². The van der Waals surface area contributed by atoms with E-state index in [1.54, 1.807) is 0 Å². The molecule has 0 aliphatic rings. The van der Waals surface area contributed by atoms with E-state index in [0.717, 1.165) is 33.6 Å². The number of hydrogen-bond donors (Lipinski definition) is 0. The van der Waals surface area contributed by atoms with Crippen LogP contribution in [0.3, 0.4) is 0 Å². The molecule has 0 N–H and O–H groups in total. The first-order valence-electron chi connectivity index (χ1n) is 5.91. The van der Waals surface area contributed by atoms with Gasteiger partial charge in [-0.1, -0.05) is 63.4 Å². The van der Waals surface area contributed by atoms with Gasteiger partial charge in [-0.15, -0.1) is 0 Å². The van der Waals surface area contributed by atoms with Crippen LogP contribution in [0.5, 0.6) is 5.75 Å². The highest BCUT2D eigenvalue weighted by Crippen LogP contribution is 2.28. The lowest BCUT2D eigenvalue weighted by atomic mass is 10.0. The van der Waals surface area contributed by atoms with Crippen molar-refractivity contribution in [1.82, 2.24) is 0 Å². The van der Waals surface area contributed by atoms with E-state index >= 15 is 0 Å². The minimum absolute atomic E-state index is 0.607. The quantitative estimate of drug-likeness (QED) is 0.653. The fraction of sp³-hybridized carbons (Fsp3) is 0.200. The molecule has 2 aromatic carbocycles. The molecule has 0 fully saturated rings. The standard InChI is InChI=1S/C15H13BrCl2O/c16-7-8-19-15-10-13(17)6-5-12(15)9-11-3-1-2-4-14(11)18/h1-6,10H,7-9H2. The molecule has 0 bridgehead atoms. The maximum atomic E-state index is 6.19. The Labute approximate surface area is 131 Å². The van der Waals surface area contributed by atoms with E-state index in [1.165, 1.54) is 0 Å². The molecule has 4 heteroatoms. The van der Waals surface area contributed by atoms with Gasteiger partial charge in [-0.3, -0.25) is 0 Å². The molecule has 2 aromatic rings. The van der Waals surface area contributed by atoms with Crippen molar-refractivity contribution in [1.29, 1.82) is 0 Å². The van der Waals surface area contributed by atoms with Gasteiger partial charge in [-0.25, -0.2) is 0 Å². The number of alkyl halides is 1. The Morgan fingerprint density at radius 2 is 1.79 bits per heavy atom. The Kier molecular flexibility index (Phi) is 5.56. The minimum atomic E-state index is 0.607. The predicted octanol–water partition coefficient (Wildman–Crippen LogP) is 5.36. The molecule has 0 aliphatic carbocycles. The molecule has 0 unspecified atom stereocenters. The van der Waals surface area contributed by atoms with Gasteiger partial charge < -0.3 is 4.74 Å². The van der Waals surface area contributed by atoms with E-state index in [1.807, 2.05) is 42.5 Å². The fourth-order valence-electron chi connectivity index (χ4n) is 1.80. The second kappa shape index (κ2) is 7.18. The number of halogens is 3. The Bertz CT molecular complexity index is 558. The average molecular weight is 360 g/mol. The lowest BCUT2D eigenvalue weighted by molar-refractivity contribution is 0.342. The van der Waals surface area contributed by atoms with Crippen LogP contribution in [-0.4, -0.2) is 11.9 Å². The third-order valence-electron chi connectivity index (χ3n) is 2.70. The van der Waals surface area contributed by atoms with E-state index in [0.29, 0.717) is 11.6 Å². The van der Waals surface area contributed by atoms with Crippen molar-refractivity contribution in [3.8, 4) is 5.75 Å². The third-order valence-corrected chi connectivity index (χ3v) is 3.63. The summed E-state index contributed by atoms with van der Waals surface area (Å²) < 4.78 is 5.70. The molecule has 0 atom stereocenters. The highest BCUT2D eigenvalue weighted by atomic mass is 79.9. The van der Waals surface area contributed by atoms with Gasteiger partial charge in [0.15, 0.2) is 0 Å². The third kappa shape index (κ3) is 4.13. The van der Waals surface area contributed by atoms with Gasteiger partial charge in [0.1, 0.15) is 5.75 Å². The van der Waals surface area contributed by atoms with E-state index in [4.69, 9.17) is 27.9 Å². The fourth-order valence-corrected chi connectivity index (χ4v) is 2.33. The van der Waals surface area contributed by atoms with Crippen LogP contribution in [0.15, 0.2) is 42.5 Å². The number of ether oxygens (including phenoxy) is 1. The first kappa shape index (κ1) is 14.7. The molecule has 0 aliphatic heterocycles. The summed E-state index contributed by atoms with van der Waals surface area (Å²) in [5, 5.41) is 2.22. The van der Waals surface area contributed by atoms with Crippen molar-refractivity contribution in [2.45, 2.75) is 6.42 Å². The maximum Gasteiger partial charge on any atom is 0.124 e. The van der Waals surface area contributed by atoms with Crippen LogP contribution in [0.25, 0.3) is 0 Å². The molecule has 0 heterocycles. The Balaban J connectivity index is 2.26. The second-order valence-corrected chi connectivity index (χ2v) is 5.69. The van der Waals surface area contributed by atoms with Crippen molar-refractivity contribution >= 4 is 39.1 Å². The largest absolute Gasteiger partial charge is 0.492 e. The molecule has 2 rings (SSSR count). The molecule has 100 valence electrons. The predicted molar refractivity (Wildman–Crippen MR) is 85.0 cm³/mol. The highest BCUT2D eigenvalue weighted by molar-refractivity contribution is 9.09. The first-order chi connectivity index (χ1) is 9.20. The van der Waals surface area contributed by atoms with Crippen molar-refractivity contribution in [3.63, 3.8) is 0 Å². The van der Waals surface area contributed by atoms with Crippen LogP contribution < -0.4 is 4.74 Å². The zero-order chi connectivity index (χ0) is 13.7. The summed E-state index contributed by atoms with van der Waals surface area (Å²) >= 11 is 15.5. The van der Waals surface area contributed by atoms with E-state index in [-0.39, 0.29) is 0 Å². The smallest absolute Gasteiger partial charge is 0.124 e. The summed E-state index contributed by atoms with van der Waals surface area (Å²) in [4.78, 5) is 0. The van der Waals surface area contributed by atoms with Crippen LogP contribution in [0.4, 0.5) is 0 Å². The normalized spacial score (nSPS) is 10.5. The van der Waals surface area contributed by atoms with Gasteiger partial charge in [0, 0.05) is 21.8 Å². The topological polar surface area (TPSA) is 9.23 Å². The second-order valence-electron chi connectivity index (χ2n) is 4.06. The number of benzene rings is 2. The first-order valence-corrected chi connectivity index (χ1v) is 7.79. The number of rotatable bonds is 5. The molecule has 0 saturated carbocycles. The summed E-state index contributed by atoms with van der Waals surface area (Å²) in [5.41, 5.74) is 2.16. The Morgan fingerprint density at radius 3 is 2.53 bits per heavy atom. The van der Waals surface area contributed by atoms with E-state index in [9.17, 15) is 0 Å². The van der Waals surface area contributed by atoms with Crippen molar-refractivity contribution in [2.75, 3.05) is 11.9 Å². The van der Waals surface area contributed by atoms with Gasteiger partial charge in [-0.2, -0.15) is 0 Å². The molecule has 1 nitrogen and oxygen atoms in total. The lowest BCUT2D eigenvalue weighted by Crippen LogP contribution is -2.01. The molecular formula is C15H13BrCl2O. The van der Waals surface area contributed by atoms with Gasteiger partial charge in [0.25, 0.3) is 0 Å². The van der Waals surface area contributed by atoms with Gasteiger partial charge in [0.2, 0.25) is 0 Å². The zero-order valence-corrected chi connectivity index (χ0v) is 13.3. The van der Waals surface area contributed by atoms with Gasteiger partial charge >= 0.3 is 0 Å². The summed E-state index contributed by atoms with van der Waals surface area (Å²) in [6.07, 6.45) is 0.731. The Hall–Kier alpha value is -0.700. The lowest BCUT2D eigenvalue weighted by Gasteiger charge is -2.12. The number of hydrogen-bond acceptors (Lipinski definition) is 1.